The lowest BCUT2D eigenvalue weighted by Crippen LogP contribution is -2.28. The molecule has 0 aliphatic rings. The van der Waals surface area contributed by atoms with E-state index in [4.69, 9.17) is 15.2 Å². The van der Waals surface area contributed by atoms with E-state index in [0.29, 0.717) is 0 Å². The smallest absolute Gasteiger partial charge is 0.122 e. The minimum atomic E-state index is -0.184. The Balaban J connectivity index is 2.09. The van der Waals surface area contributed by atoms with E-state index in [1.54, 1.807) is 7.11 Å². The van der Waals surface area contributed by atoms with Crippen molar-refractivity contribution < 1.29 is 9.47 Å². The predicted octanol–water partition coefficient (Wildman–Crippen LogP) is 3.78. The highest BCUT2D eigenvalue weighted by atomic mass is 16.5. The van der Waals surface area contributed by atoms with E-state index in [-0.39, 0.29) is 12.1 Å². The van der Waals surface area contributed by atoms with Gasteiger partial charge in [0, 0.05) is 0 Å². The third-order valence-electron chi connectivity index (χ3n) is 3.65. The molecule has 2 atom stereocenters. The molecule has 0 spiro atoms. The molecule has 2 aromatic rings. The van der Waals surface area contributed by atoms with Crippen LogP contribution < -0.4 is 15.2 Å². The fourth-order valence-electron chi connectivity index (χ4n) is 2.30. The average Bonchev–Trinajstić information content (AvgIpc) is 2.49. The molecule has 0 aliphatic carbocycles. The van der Waals surface area contributed by atoms with Crippen LogP contribution in [0.4, 0.5) is 0 Å². The van der Waals surface area contributed by atoms with Gasteiger partial charge in [-0.1, -0.05) is 29.8 Å². The second-order valence-corrected chi connectivity index (χ2v) is 5.39. The van der Waals surface area contributed by atoms with Crippen LogP contribution in [0, 0.1) is 13.8 Å². The lowest BCUT2D eigenvalue weighted by Gasteiger charge is -2.23. The van der Waals surface area contributed by atoms with Crippen LogP contribution in [-0.2, 0) is 0 Å². The number of benzene rings is 2. The van der Waals surface area contributed by atoms with Crippen molar-refractivity contribution in [3.05, 3.63) is 59.2 Å². The van der Waals surface area contributed by atoms with Gasteiger partial charge < -0.3 is 15.2 Å². The molecule has 2 N–H and O–H groups in total. The van der Waals surface area contributed by atoms with E-state index in [0.717, 1.165) is 22.6 Å². The Morgan fingerprint density at radius 2 is 1.67 bits per heavy atom. The minimum Gasteiger partial charge on any atom is -0.497 e. The highest BCUT2D eigenvalue weighted by Crippen LogP contribution is 2.25. The summed E-state index contributed by atoms with van der Waals surface area (Å²) in [5.74, 6) is 1.71. The lowest BCUT2D eigenvalue weighted by molar-refractivity contribution is 0.189. The van der Waals surface area contributed by atoms with E-state index in [1.165, 1.54) is 5.56 Å². The standard InChI is InChI=1S/C18H23NO2/c1-12-5-10-17(13(2)11-12)21-14(3)18(19)15-6-8-16(20-4)9-7-15/h5-11,14,18H,19H2,1-4H3. The van der Waals surface area contributed by atoms with E-state index >= 15 is 0 Å². The Morgan fingerprint density at radius 1 is 1.00 bits per heavy atom. The Hall–Kier alpha value is -2.00. The number of ether oxygens (including phenoxy) is 2. The summed E-state index contributed by atoms with van der Waals surface area (Å²) in [5, 5.41) is 0. The van der Waals surface area contributed by atoms with Crippen LogP contribution >= 0.6 is 0 Å². The zero-order valence-corrected chi connectivity index (χ0v) is 13.1. The first-order chi connectivity index (χ1) is 10.0. The molecule has 0 saturated carbocycles. The van der Waals surface area contributed by atoms with Crippen molar-refractivity contribution in [2.24, 2.45) is 5.73 Å². The van der Waals surface area contributed by atoms with Gasteiger partial charge in [-0.3, -0.25) is 0 Å². The number of methoxy groups -OCH3 is 1. The summed E-state index contributed by atoms with van der Waals surface area (Å²) in [7, 11) is 1.65. The molecule has 2 aromatic carbocycles. The van der Waals surface area contributed by atoms with E-state index in [1.807, 2.05) is 50.2 Å². The van der Waals surface area contributed by atoms with Crippen LogP contribution in [-0.4, -0.2) is 13.2 Å². The number of rotatable bonds is 5. The van der Waals surface area contributed by atoms with E-state index in [9.17, 15) is 0 Å². The summed E-state index contributed by atoms with van der Waals surface area (Å²) in [6.45, 7) is 6.12. The minimum absolute atomic E-state index is 0.111. The molecule has 112 valence electrons. The van der Waals surface area contributed by atoms with Gasteiger partial charge >= 0.3 is 0 Å². The first kappa shape index (κ1) is 15.4. The molecule has 0 amide bonds. The van der Waals surface area contributed by atoms with Crippen molar-refractivity contribution in [2.75, 3.05) is 7.11 Å². The van der Waals surface area contributed by atoms with Crippen molar-refractivity contribution in [3.8, 4) is 11.5 Å². The zero-order chi connectivity index (χ0) is 15.4. The number of hydrogen-bond acceptors (Lipinski definition) is 3. The van der Waals surface area contributed by atoms with Crippen LogP contribution in [0.25, 0.3) is 0 Å². The fraction of sp³-hybridized carbons (Fsp3) is 0.333. The monoisotopic (exact) mass is 285 g/mol. The Labute approximate surface area is 126 Å². The zero-order valence-electron chi connectivity index (χ0n) is 13.1. The average molecular weight is 285 g/mol. The summed E-state index contributed by atoms with van der Waals surface area (Å²) in [6, 6.07) is 13.8. The first-order valence-corrected chi connectivity index (χ1v) is 7.14. The van der Waals surface area contributed by atoms with Gasteiger partial charge in [-0.05, 0) is 50.1 Å². The van der Waals surface area contributed by atoms with Gasteiger partial charge in [0.15, 0.2) is 0 Å². The van der Waals surface area contributed by atoms with Gasteiger partial charge in [-0.15, -0.1) is 0 Å². The lowest BCUT2D eigenvalue weighted by atomic mass is 10.0. The van der Waals surface area contributed by atoms with E-state index < -0.39 is 0 Å². The van der Waals surface area contributed by atoms with Crippen LogP contribution in [0.3, 0.4) is 0 Å². The van der Waals surface area contributed by atoms with Gasteiger partial charge in [-0.2, -0.15) is 0 Å². The van der Waals surface area contributed by atoms with Gasteiger partial charge in [0.2, 0.25) is 0 Å². The second-order valence-electron chi connectivity index (χ2n) is 5.39. The molecule has 0 bridgehead atoms. The third-order valence-corrected chi connectivity index (χ3v) is 3.65. The normalized spacial score (nSPS) is 13.6. The van der Waals surface area contributed by atoms with Crippen LogP contribution in [0.1, 0.15) is 29.7 Å². The maximum absolute atomic E-state index is 6.29. The molecule has 0 fully saturated rings. The van der Waals surface area contributed by atoms with Crippen molar-refractivity contribution in [1.29, 1.82) is 0 Å². The highest BCUT2D eigenvalue weighted by molar-refractivity contribution is 5.36. The molecule has 0 aliphatic heterocycles. The topological polar surface area (TPSA) is 44.5 Å². The molecular formula is C18H23NO2. The molecular weight excluding hydrogens is 262 g/mol. The second kappa shape index (κ2) is 6.64. The summed E-state index contributed by atoms with van der Waals surface area (Å²) in [5.41, 5.74) is 9.68. The van der Waals surface area contributed by atoms with Gasteiger partial charge in [-0.25, -0.2) is 0 Å². The maximum Gasteiger partial charge on any atom is 0.122 e. The SMILES string of the molecule is COc1ccc(C(N)C(C)Oc2ccc(C)cc2C)cc1. The van der Waals surface area contributed by atoms with Crippen molar-refractivity contribution in [1.82, 2.24) is 0 Å². The number of nitrogens with two attached hydrogens (primary N) is 1. The van der Waals surface area contributed by atoms with Crippen LogP contribution in [0.15, 0.2) is 42.5 Å². The molecule has 0 saturated heterocycles. The molecule has 2 rings (SSSR count). The molecule has 0 aromatic heterocycles. The van der Waals surface area contributed by atoms with Gasteiger partial charge in [0.05, 0.1) is 13.2 Å². The molecule has 3 heteroatoms. The Morgan fingerprint density at radius 3 is 2.24 bits per heavy atom. The summed E-state index contributed by atoms with van der Waals surface area (Å²) in [4.78, 5) is 0. The van der Waals surface area contributed by atoms with Crippen molar-refractivity contribution >= 4 is 0 Å². The summed E-state index contributed by atoms with van der Waals surface area (Å²) >= 11 is 0. The van der Waals surface area contributed by atoms with Crippen molar-refractivity contribution in [2.45, 2.75) is 32.9 Å². The van der Waals surface area contributed by atoms with E-state index in [2.05, 4.69) is 13.0 Å². The Kier molecular flexibility index (Phi) is 4.86. The van der Waals surface area contributed by atoms with Crippen molar-refractivity contribution in [3.63, 3.8) is 0 Å². The fourth-order valence-corrected chi connectivity index (χ4v) is 2.30. The predicted molar refractivity (Wildman–Crippen MR) is 85.9 cm³/mol. The highest BCUT2D eigenvalue weighted by Gasteiger charge is 2.17. The van der Waals surface area contributed by atoms with Gasteiger partial charge in [0.25, 0.3) is 0 Å². The molecule has 2 unspecified atom stereocenters. The molecule has 0 heterocycles. The third kappa shape index (κ3) is 3.76. The number of aryl methyl sites for hydroxylation is 2. The summed E-state index contributed by atoms with van der Waals surface area (Å²) in [6.07, 6.45) is -0.111. The Bertz CT molecular complexity index is 593. The maximum atomic E-state index is 6.29. The summed E-state index contributed by atoms with van der Waals surface area (Å²) < 4.78 is 11.2. The largest absolute Gasteiger partial charge is 0.497 e. The quantitative estimate of drug-likeness (QED) is 0.909. The van der Waals surface area contributed by atoms with Gasteiger partial charge in [0.1, 0.15) is 17.6 Å². The number of hydrogen-bond donors (Lipinski definition) is 1. The van der Waals surface area contributed by atoms with Crippen LogP contribution in [0.2, 0.25) is 0 Å². The molecule has 0 radical (unpaired) electrons. The first-order valence-electron chi connectivity index (χ1n) is 7.14. The molecule has 3 nitrogen and oxygen atoms in total. The molecule has 21 heavy (non-hydrogen) atoms. The van der Waals surface area contributed by atoms with Crippen LogP contribution in [0.5, 0.6) is 11.5 Å².